The summed E-state index contributed by atoms with van der Waals surface area (Å²) in [6.45, 7) is 5.59. The predicted octanol–water partition coefficient (Wildman–Crippen LogP) is 5.47. The number of hydrogen-bond donors (Lipinski definition) is 1. The molecular weight excluding hydrogens is 568 g/mol. The van der Waals surface area contributed by atoms with Crippen LogP contribution in [-0.4, -0.2) is 70.3 Å². The lowest BCUT2D eigenvalue weighted by atomic mass is 9.99. The van der Waals surface area contributed by atoms with E-state index < -0.39 is 30.5 Å². The zero-order chi connectivity index (χ0) is 30.7. The molecule has 0 radical (unpaired) electrons. The molecule has 1 fully saturated rings. The highest BCUT2D eigenvalue weighted by atomic mass is 19.4. The molecule has 2 aliphatic rings. The Labute approximate surface area is 247 Å². The highest BCUT2D eigenvalue weighted by Crippen LogP contribution is 2.36. The number of carbonyl (C=O) groups excluding carboxylic acids is 1. The quantitative estimate of drug-likeness (QED) is 0.340. The number of amides is 1. The van der Waals surface area contributed by atoms with Crippen LogP contribution in [0, 0.1) is 5.82 Å². The van der Waals surface area contributed by atoms with Crippen molar-refractivity contribution in [3.05, 3.63) is 65.6 Å². The van der Waals surface area contributed by atoms with Gasteiger partial charge in [-0.05, 0) is 45.0 Å². The number of anilines is 1. The first-order chi connectivity index (χ1) is 20.5. The minimum absolute atomic E-state index is 0.0277. The van der Waals surface area contributed by atoms with Crippen LogP contribution in [0.4, 0.5) is 23.4 Å². The Balaban J connectivity index is 1.32. The summed E-state index contributed by atoms with van der Waals surface area (Å²) in [5.74, 6) is -0.397. The molecular formula is C30H34F4N6O3. The number of rotatable bonds is 8. The van der Waals surface area contributed by atoms with Gasteiger partial charge in [-0.15, -0.1) is 0 Å². The molecule has 0 spiro atoms. The van der Waals surface area contributed by atoms with E-state index in [1.807, 2.05) is 11.0 Å². The van der Waals surface area contributed by atoms with E-state index in [0.29, 0.717) is 36.6 Å². The van der Waals surface area contributed by atoms with Crippen LogP contribution >= 0.6 is 0 Å². The minimum Gasteiger partial charge on any atom is -0.490 e. The van der Waals surface area contributed by atoms with Gasteiger partial charge in [-0.25, -0.2) is 14.4 Å². The number of halogens is 4. The highest BCUT2D eigenvalue weighted by molar-refractivity contribution is 5.97. The van der Waals surface area contributed by atoms with Gasteiger partial charge >= 0.3 is 6.18 Å². The van der Waals surface area contributed by atoms with Crippen LogP contribution in [-0.2, 0) is 6.42 Å². The van der Waals surface area contributed by atoms with E-state index in [-0.39, 0.29) is 29.2 Å². The van der Waals surface area contributed by atoms with Crippen LogP contribution in [0.1, 0.15) is 61.3 Å². The van der Waals surface area contributed by atoms with Gasteiger partial charge in [0.25, 0.3) is 5.91 Å². The number of fused-ring (bicyclic) bond motifs is 1. The Hall–Kier alpha value is -4.00. The SMILES string of the molecule is CC1NCCc2nccc(OC3CCN(c4ncncc4Oc4ccc(F)cc4C(=O)N(CC(F)(F)F)C(C)C)CC3)c21. The van der Waals surface area contributed by atoms with Gasteiger partial charge in [0.2, 0.25) is 0 Å². The van der Waals surface area contributed by atoms with Gasteiger partial charge in [0, 0.05) is 62.7 Å². The molecule has 5 rings (SSSR count). The fourth-order valence-corrected chi connectivity index (χ4v) is 5.47. The van der Waals surface area contributed by atoms with Crippen molar-refractivity contribution in [2.75, 3.05) is 31.1 Å². The molecule has 0 bridgehead atoms. The Kier molecular flexibility index (Phi) is 9.00. The molecule has 43 heavy (non-hydrogen) atoms. The zero-order valence-corrected chi connectivity index (χ0v) is 24.2. The third-order valence-electron chi connectivity index (χ3n) is 7.60. The molecule has 3 aromatic rings. The standard InChI is InChI=1S/C30H34F4N6O3/c1-18(2)40(16-30(32,33)34)29(41)22-14-20(31)4-5-24(22)43-26-15-35-17-38-28(26)39-12-8-21(9-13-39)42-25-7-11-37-23-6-10-36-19(3)27(23)25/h4-5,7,11,14-15,17-19,21,36H,6,8-10,12-13,16H2,1-3H3. The van der Waals surface area contributed by atoms with Crippen LogP contribution in [0.25, 0.3) is 0 Å². The maximum Gasteiger partial charge on any atom is 0.406 e. The normalized spacial score (nSPS) is 17.5. The van der Waals surface area contributed by atoms with Crippen LogP contribution in [0.5, 0.6) is 17.2 Å². The monoisotopic (exact) mass is 602 g/mol. The number of benzene rings is 1. The van der Waals surface area contributed by atoms with Crippen molar-refractivity contribution in [3.63, 3.8) is 0 Å². The summed E-state index contributed by atoms with van der Waals surface area (Å²) < 4.78 is 66.4. The van der Waals surface area contributed by atoms with Crippen LogP contribution in [0.2, 0.25) is 0 Å². The first-order valence-electron chi connectivity index (χ1n) is 14.3. The lowest BCUT2D eigenvalue weighted by Crippen LogP contribution is -2.43. The maximum atomic E-state index is 14.2. The van der Waals surface area contributed by atoms with Gasteiger partial charge in [-0.2, -0.15) is 13.2 Å². The van der Waals surface area contributed by atoms with Gasteiger partial charge in [0.15, 0.2) is 11.6 Å². The number of nitrogens with one attached hydrogen (secondary N) is 1. The topological polar surface area (TPSA) is 92.7 Å². The van der Waals surface area contributed by atoms with Gasteiger partial charge in [0.1, 0.15) is 36.3 Å². The predicted molar refractivity (Wildman–Crippen MR) is 151 cm³/mol. The van der Waals surface area contributed by atoms with E-state index in [2.05, 4.69) is 27.2 Å². The number of pyridine rings is 1. The number of hydrogen-bond acceptors (Lipinski definition) is 8. The van der Waals surface area contributed by atoms with Crippen molar-refractivity contribution in [1.82, 2.24) is 25.2 Å². The zero-order valence-electron chi connectivity index (χ0n) is 24.2. The van der Waals surface area contributed by atoms with Crippen molar-refractivity contribution < 1.29 is 31.8 Å². The van der Waals surface area contributed by atoms with E-state index in [9.17, 15) is 22.4 Å². The molecule has 2 aliphatic heterocycles. The van der Waals surface area contributed by atoms with Gasteiger partial charge in [-0.1, -0.05) is 0 Å². The Morgan fingerprint density at radius 2 is 1.91 bits per heavy atom. The summed E-state index contributed by atoms with van der Waals surface area (Å²) in [5.41, 5.74) is 1.82. The molecule has 1 N–H and O–H groups in total. The average molecular weight is 603 g/mol. The summed E-state index contributed by atoms with van der Waals surface area (Å²) >= 11 is 0. The van der Waals surface area contributed by atoms with Crippen LogP contribution in [0.15, 0.2) is 43.0 Å². The molecule has 13 heteroatoms. The van der Waals surface area contributed by atoms with E-state index in [4.69, 9.17) is 9.47 Å². The van der Waals surface area contributed by atoms with Gasteiger partial charge in [-0.3, -0.25) is 9.78 Å². The second-order valence-corrected chi connectivity index (χ2v) is 11.0. The summed E-state index contributed by atoms with van der Waals surface area (Å²) in [5, 5.41) is 3.45. The average Bonchev–Trinajstić information content (AvgIpc) is 2.97. The molecule has 1 saturated heterocycles. The molecule has 1 atom stereocenters. The number of ether oxygens (including phenoxy) is 2. The van der Waals surface area contributed by atoms with Crippen molar-refractivity contribution in [1.29, 1.82) is 0 Å². The molecule has 230 valence electrons. The second kappa shape index (κ2) is 12.7. The summed E-state index contributed by atoms with van der Waals surface area (Å²) in [4.78, 5) is 28.8. The molecule has 4 heterocycles. The van der Waals surface area contributed by atoms with E-state index in [0.717, 1.165) is 42.1 Å². The van der Waals surface area contributed by atoms with Crippen molar-refractivity contribution in [3.8, 4) is 17.2 Å². The number of aromatic nitrogens is 3. The molecule has 2 aromatic heterocycles. The molecule has 0 saturated carbocycles. The Morgan fingerprint density at radius 3 is 2.63 bits per heavy atom. The molecule has 1 unspecified atom stereocenters. The van der Waals surface area contributed by atoms with Gasteiger partial charge in [0.05, 0.1) is 17.5 Å². The largest absolute Gasteiger partial charge is 0.490 e. The fourth-order valence-electron chi connectivity index (χ4n) is 5.47. The van der Waals surface area contributed by atoms with Crippen LogP contribution in [0.3, 0.4) is 0 Å². The number of nitrogens with zero attached hydrogens (tertiary/aromatic N) is 5. The maximum absolute atomic E-state index is 14.2. The van der Waals surface area contributed by atoms with E-state index in [1.54, 1.807) is 6.20 Å². The minimum atomic E-state index is -4.63. The summed E-state index contributed by atoms with van der Waals surface area (Å²) in [6.07, 6.45) is 2.15. The van der Waals surface area contributed by atoms with Crippen molar-refractivity contribution in [2.24, 2.45) is 0 Å². The second-order valence-electron chi connectivity index (χ2n) is 11.0. The van der Waals surface area contributed by atoms with E-state index in [1.165, 1.54) is 32.4 Å². The lowest BCUT2D eigenvalue weighted by Gasteiger charge is -2.34. The lowest BCUT2D eigenvalue weighted by molar-refractivity contribution is -0.143. The van der Waals surface area contributed by atoms with E-state index >= 15 is 0 Å². The van der Waals surface area contributed by atoms with Gasteiger partial charge < -0.3 is 24.6 Å². The molecule has 0 aliphatic carbocycles. The number of carbonyl (C=O) groups is 1. The Bertz CT molecular complexity index is 1450. The summed E-state index contributed by atoms with van der Waals surface area (Å²) in [7, 11) is 0. The highest BCUT2D eigenvalue weighted by Gasteiger charge is 2.36. The smallest absolute Gasteiger partial charge is 0.406 e. The number of alkyl halides is 3. The first-order valence-corrected chi connectivity index (χ1v) is 14.3. The fraction of sp³-hybridized carbons (Fsp3) is 0.467. The molecule has 1 amide bonds. The first kappa shape index (κ1) is 30.5. The molecule has 1 aromatic carbocycles. The summed E-state index contributed by atoms with van der Waals surface area (Å²) in [6, 6.07) is 4.44. The Morgan fingerprint density at radius 1 is 1.14 bits per heavy atom. The number of piperidine rings is 1. The molecule has 9 nitrogen and oxygen atoms in total. The van der Waals surface area contributed by atoms with Crippen molar-refractivity contribution in [2.45, 2.75) is 64.4 Å². The van der Waals surface area contributed by atoms with Crippen molar-refractivity contribution >= 4 is 11.7 Å². The van der Waals surface area contributed by atoms with Crippen LogP contribution < -0.4 is 19.7 Å². The third kappa shape index (κ3) is 7.15. The third-order valence-corrected chi connectivity index (χ3v) is 7.60.